The molecule has 1 amide bonds. The van der Waals surface area contributed by atoms with E-state index in [4.69, 9.17) is 5.11 Å². The third-order valence-corrected chi connectivity index (χ3v) is 8.47. The van der Waals surface area contributed by atoms with Crippen LogP contribution in [0.25, 0.3) is 0 Å². The Morgan fingerprint density at radius 1 is 1.03 bits per heavy atom. The number of aliphatic hydroxyl groups excluding tert-OH is 1. The summed E-state index contributed by atoms with van der Waals surface area (Å²) in [5.74, 6) is -2.57. The molecule has 1 spiro atoms. The van der Waals surface area contributed by atoms with E-state index in [1.165, 1.54) is 35.5 Å². The molecule has 2 aliphatic heterocycles. The highest BCUT2D eigenvalue weighted by Gasteiger charge is 2.44. The van der Waals surface area contributed by atoms with E-state index in [1.807, 2.05) is 12.1 Å². The van der Waals surface area contributed by atoms with Gasteiger partial charge in [-0.1, -0.05) is 11.9 Å². The van der Waals surface area contributed by atoms with Gasteiger partial charge in [0, 0.05) is 56.7 Å². The van der Waals surface area contributed by atoms with Crippen LogP contribution in [0.3, 0.4) is 0 Å². The lowest BCUT2D eigenvalue weighted by molar-refractivity contribution is -0.0260. The molecule has 1 saturated carbocycles. The third kappa shape index (κ3) is 5.87. The van der Waals surface area contributed by atoms with Crippen LogP contribution in [0.15, 0.2) is 41.3 Å². The van der Waals surface area contributed by atoms with Crippen LogP contribution in [0.4, 0.5) is 25.8 Å². The second-order valence-electron chi connectivity index (χ2n) is 10.2. The SMILES string of the molecule is O=C(Nc1cccn(N2CCC(F)(F)CC2)c1=O)c1ccc(NSCCO)cc1N1CCC2(CC1)CC2. The van der Waals surface area contributed by atoms with Gasteiger partial charge in [0.05, 0.1) is 17.9 Å². The number of alkyl halides is 2. The first-order chi connectivity index (χ1) is 17.8. The van der Waals surface area contributed by atoms with E-state index in [0.29, 0.717) is 16.7 Å². The van der Waals surface area contributed by atoms with Crippen molar-refractivity contribution >= 4 is 34.9 Å². The fourth-order valence-corrected chi connectivity index (χ4v) is 5.64. The van der Waals surface area contributed by atoms with Crippen molar-refractivity contribution in [2.24, 2.45) is 5.41 Å². The van der Waals surface area contributed by atoms with Gasteiger partial charge in [-0.25, -0.2) is 13.5 Å². The Morgan fingerprint density at radius 2 is 1.76 bits per heavy atom. The normalized spacial score (nSPS) is 20.1. The number of hydrogen-bond donors (Lipinski definition) is 3. The van der Waals surface area contributed by atoms with Crippen LogP contribution in [0.2, 0.25) is 0 Å². The Hall–Kier alpha value is -2.79. The molecule has 5 rings (SSSR count). The van der Waals surface area contributed by atoms with E-state index < -0.39 is 17.4 Å². The van der Waals surface area contributed by atoms with Crippen molar-refractivity contribution in [2.45, 2.75) is 44.4 Å². The summed E-state index contributed by atoms with van der Waals surface area (Å²) in [5, 5.41) is 13.4. The number of carbonyl (C=O) groups is 1. The second-order valence-corrected chi connectivity index (χ2v) is 11.1. The number of nitrogens with zero attached hydrogens (tertiary/aromatic N) is 3. The molecule has 200 valence electrons. The molecule has 0 unspecified atom stereocenters. The van der Waals surface area contributed by atoms with Gasteiger partial charge in [0.15, 0.2) is 0 Å². The Kier molecular flexibility index (Phi) is 7.35. The summed E-state index contributed by atoms with van der Waals surface area (Å²) in [6.45, 7) is 1.92. The lowest BCUT2D eigenvalue weighted by Crippen LogP contribution is -2.49. The highest BCUT2D eigenvalue weighted by molar-refractivity contribution is 8.00. The molecule has 8 nitrogen and oxygen atoms in total. The summed E-state index contributed by atoms with van der Waals surface area (Å²) < 4.78 is 31.7. The Balaban J connectivity index is 1.36. The number of halogens is 2. The molecule has 37 heavy (non-hydrogen) atoms. The zero-order chi connectivity index (χ0) is 26.0. The van der Waals surface area contributed by atoms with E-state index in [0.717, 1.165) is 37.3 Å². The van der Waals surface area contributed by atoms with Gasteiger partial charge in [-0.3, -0.25) is 9.59 Å². The van der Waals surface area contributed by atoms with E-state index in [9.17, 15) is 18.4 Å². The number of carbonyl (C=O) groups excluding carboxylic acids is 1. The summed E-state index contributed by atoms with van der Waals surface area (Å²) in [5.41, 5.74) is 2.25. The largest absolute Gasteiger partial charge is 0.395 e. The minimum atomic E-state index is -2.71. The van der Waals surface area contributed by atoms with Crippen LogP contribution in [0.5, 0.6) is 0 Å². The van der Waals surface area contributed by atoms with Crippen LogP contribution in [0.1, 0.15) is 48.9 Å². The number of nitrogens with one attached hydrogen (secondary N) is 2. The average molecular weight is 534 g/mol. The number of amides is 1. The van der Waals surface area contributed by atoms with Crippen molar-refractivity contribution in [3.8, 4) is 0 Å². The number of aromatic nitrogens is 1. The maximum absolute atomic E-state index is 13.6. The minimum Gasteiger partial charge on any atom is -0.395 e. The summed E-state index contributed by atoms with van der Waals surface area (Å²) in [6, 6.07) is 8.68. The van der Waals surface area contributed by atoms with Gasteiger partial charge in [0.2, 0.25) is 0 Å². The average Bonchev–Trinajstić information content (AvgIpc) is 3.64. The maximum atomic E-state index is 13.6. The molecule has 1 aliphatic carbocycles. The zero-order valence-corrected chi connectivity index (χ0v) is 21.5. The molecule has 1 aromatic carbocycles. The molecule has 11 heteroatoms. The summed E-state index contributed by atoms with van der Waals surface area (Å²) in [7, 11) is 0. The van der Waals surface area contributed by atoms with Gasteiger partial charge in [0.25, 0.3) is 17.4 Å². The molecule has 0 radical (unpaired) electrons. The smallest absolute Gasteiger partial charge is 0.292 e. The van der Waals surface area contributed by atoms with E-state index in [-0.39, 0.29) is 38.2 Å². The van der Waals surface area contributed by atoms with Gasteiger partial charge in [0.1, 0.15) is 5.69 Å². The molecule has 3 aliphatic rings. The van der Waals surface area contributed by atoms with Crippen LogP contribution >= 0.6 is 11.9 Å². The predicted molar refractivity (Wildman–Crippen MR) is 144 cm³/mol. The van der Waals surface area contributed by atoms with Gasteiger partial charge < -0.3 is 25.1 Å². The maximum Gasteiger partial charge on any atom is 0.292 e. The van der Waals surface area contributed by atoms with Gasteiger partial charge >= 0.3 is 0 Å². The van der Waals surface area contributed by atoms with E-state index >= 15 is 0 Å². The lowest BCUT2D eigenvalue weighted by atomic mass is 9.93. The quantitative estimate of drug-likeness (QED) is 0.350. The Morgan fingerprint density at radius 3 is 2.43 bits per heavy atom. The monoisotopic (exact) mass is 533 g/mol. The van der Waals surface area contributed by atoms with Crippen molar-refractivity contribution in [3.63, 3.8) is 0 Å². The molecular formula is C26H33F2N5O3S. The molecule has 2 aromatic rings. The van der Waals surface area contributed by atoms with Gasteiger partial charge in [-0.2, -0.15) is 0 Å². The standard InChI is InChI=1S/C26H33F2N5O3S/c27-26(28)9-14-32(15-10-26)33-11-1-2-21(24(33)36)29-23(35)20-4-3-19(30-37-17-16-34)18-22(20)31-12-7-25(5-6-25)8-13-31/h1-4,11,18,30,34H,5-10,12-17H2,(H,29,35). The lowest BCUT2D eigenvalue weighted by Gasteiger charge is -2.35. The predicted octanol–water partition coefficient (Wildman–Crippen LogP) is 3.90. The van der Waals surface area contributed by atoms with Gasteiger partial charge in [-0.05, 0) is 61.4 Å². The molecule has 0 bridgehead atoms. The Labute approximate surface area is 219 Å². The molecule has 0 atom stereocenters. The fraction of sp³-hybridized carbons (Fsp3) is 0.538. The number of aliphatic hydroxyl groups is 1. The first-order valence-corrected chi connectivity index (χ1v) is 13.8. The number of piperidine rings is 2. The number of hydrogen-bond acceptors (Lipinski definition) is 7. The van der Waals surface area contributed by atoms with Crippen molar-refractivity contribution in [2.75, 3.05) is 58.5 Å². The molecule has 3 fully saturated rings. The van der Waals surface area contributed by atoms with Crippen molar-refractivity contribution in [1.82, 2.24) is 4.68 Å². The highest BCUT2D eigenvalue weighted by atomic mass is 32.2. The number of pyridine rings is 1. The van der Waals surface area contributed by atoms with Crippen LogP contribution in [0, 0.1) is 5.41 Å². The first-order valence-electron chi connectivity index (χ1n) is 12.8. The van der Waals surface area contributed by atoms with Gasteiger partial charge in [-0.15, -0.1) is 0 Å². The summed E-state index contributed by atoms with van der Waals surface area (Å²) in [6.07, 6.45) is 5.68. The molecular weight excluding hydrogens is 500 g/mol. The molecule has 3 N–H and O–H groups in total. The fourth-order valence-electron chi connectivity index (χ4n) is 5.16. The number of anilines is 3. The molecule has 1 aromatic heterocycles. The Bertz CT molecular complexity index is 1180. The number of rotatable bonds is 8. The second kappa shape index (κ2) is 10.5. The number of benzene rings is 1. The topological polar surface area (TPSA) is 89.8 Å². The minimum absolute atomic E-state index is 0.0632. The molecule has 2 saturated heterocycles. The van der Waals surface area contributed by atoms with E-state index in [1.54, 1.807) is 23.3 Å². The van der Waals surface area contributed by atoms with E-state index in [2.05, 4.69) is 14.9 Å². The third-order valence-electron chi connectivity index (χ3n) is 7.70. The first kappa shape index (κ1) is 25.8. The van der Waals surface area contributed by atoms with Crippen molar-refractivity contribution < 1.29 is 18.7 Å². The zero-order valence-electron chi connectivity index (χ0n) is 20.7. The summed E-state index contributed by atoms with van der Waals surface area (Å²) >= 11 is 1.39. The highest BCUT2D eigenvalue weighted by Crippen LogP contribution is 2.54. The summed E-state index contributed by atoms with van der Waals surface area (Å²) in [4.78, 5) is 28.8. The van der Waals surface area contributed by atoms with Crippen molar-refractivity contribution in [3.05, 3.63) is 52.4 Å². The van der Waals surface area contributed by atoms with Crippen LogP contribution in [-0.2, 0) is 0 Å². The van der Waals surface area contributed by atoms with Crippen LogP contribution in [-0.4, -0.2) is 60.2 Å². The molecule has 3 heterocycles. The van der Waals surface area contributed by atoms with Crippen LogP contribution < -0.4 is 25.5 Å². The van der Waals surface area contributed by atoms with Crippen molar-refractivity contribution in [1.29, 1.82) is 0 Å².